The number of ether oxygens (including phenoxy) is 1. The molecule has 3 N–H and O–H groups in total. The van der Waals surface area contributed by atoms with Gasteiger partial charge in [-0.05, 0) is 37.5 Å². The van der Waals surface area contributed by atoms with Gasteiger partial charge < -0.3 is 15.8 Å². The average molecular weight is 268 g/mol. The summed E-state index contributed by atoms with van der Waals surface area (Å²) in [5.74, 6) is 1.57. The monoisotopic (exact) mass is 268 g/mol. The first-order valence-electron chi connectivity index (χ1n) is 5.98. The normalized spacial score (nSPS) is 10.1. The van der Waals surface area contributed by atoms with Gasteiger partial charge in [-0.3, -0.25) is 4.79 Å². The minimum absolute atomic E-state index is 0.107. The zero-order chi connectivity index (χ0) is 13.4. The number of anilines is 1. The number of nitrogens with two attached hydrogens (primary N) is 1. The van der Waals surface area contributed by atoms with Gasteiger partial charge in [0, 0.05) is 23.9 Å². The van der Waals surface area contributed by atoms with E-state index in [1.165, 1.54) is 0 Å². The lowest BCUT2D eigenvalue weighted by molar-refractivity contribution is 0.0953. The van der Waals surface area contributed by atoms with E-state index in [0.29, 0.717) is 30.2 Å². The molecule has 1 aromatic carbocycles. The van der Waals surface area contributed by atoms with Crippen LogP contribution in [-0.4, -0.2) is 31.1 Å². The van der Waals surface area contributed by atoms with Crippen LogP contribution in [0.5, 0.6) is 5.75 Å². The molecule has 1 amide bonds. The Morgan fingerprint density at radius 1 is 1.44 bits per heavy atom. The van der Waals surface area contributed by atoms with E-state index in [2.05, 4.69) is 5.32 Å². The molecule has 0 radical (unpaired) electrons. The van der Waals surface area contributed by atoms with E-state index >= 15 is 0 Å². The lowest BCUT2D eigenvalue weighted by atomic mass is 10.1. The Balaban J connectivity index is 2.61. The number of rotatable bonds is 7. The van der Waals surface area contributed by atoms with Crippen molar-refractivity contribution in [1.82, 2.24) is 5.32 Å². The van der Waals surface area contributed by atoms with Crippen LogP contribution in [0.3, 0.4) is 0 Å². The predicted molar refractivity (Wildman–Crippen MR) is 77.4 cm³/mol. The first kappa shape index (κ1) is 14.7. The van der Waals surface area contributed by atoms with Crippen LogP contribution in [0, 0.1) is 0 Å². The minimum atomic E-state index is -0.107. The number of carbonyl (C=O) groups excluding carboxylic acids is 1. The Labute approximate surface area is 112 Å². The number of nitrogen functional groups attached to an aromatic ring is 1. The van der Waals surface area contributed by atoms with Crippen molar-refractivity contribution in [2.24, 2.45) is 0 Å². The van der Waals surface area contributed by atoms with Crippen molar-refractivity contribution in [2.45, 2.75) is 13.3 Å². The molecule has 100 valence electrons. The molecule has 0 fully saturated rings. The Kier molecular flexibility index (Phi) is 6.43. The Morgan fingerprint density at radius 3 is 2.89 bits per heavy atom. The molecule has 0 spiro atoms. The lowest BCUT2D eigenvalue weighted by Crippen LogP contribution is -2.24. The molecule has 0 aliphatic carbocycles. The number of nitrogens with one attached hydrogen (secondary N) is 1. The number of hydrogen-bond acceptors (Lipinski definition) is 4. The number of benzene rings is 1. The summed E-state index contributed by atoms with van der Waals surface area (Å²) < 4.78 is 5.36. The van der Waals surface area contributed by atoms with Crippen LogP contribution in [0.15, 0.2) is 18.2 Å². The summed E-state index contributed by atoms with van der Waals surface area (Å²) in [6, 6.07) is 5.09. The van der Waals surface area contributed by atoms with E-state index in [1.54, 1.807) is 30.0 Å². The maximum atomic E-state index is 11.9. The van der Waals surface area contributed by atoms with Crippen LogP contribution >= 0.6 is 11.8 Å². The van der Waals surface area contributed by atoms with Gasteiger partial charge in [0.2, 0.25) is 0 Å². The molecular formula is C13H20N2O2S. The quantitative estimate of drug-likeness (QED) is 0.587. The van der Waals surface area contributed by atoms with Crippen molar-refractivity contribution in [3.8, 4) is 5.75 Å². The largest absolute Gasteiger partial charge is 0.494 e. The standard InChI is InChI=1S/C13H20N2O2S/c1-3-17-12-8-10(7-11(14)9-12)13(16)15-5-4-6-18-2/h7-9H,3-6,14H2,1-2H3,(H,15,16). The van der Waals surface area contributed by atoms with E-state index in [-0.39, 0.29) is 5.91 Å². The summed E-state index contributed by atoms with van der Waals surface area (Å²) in [6.07, 6.45) is 3.02. The second-order valence-electron chi connectivity index (χ2n) is 3.83. The highest BCUT2D eigenvalue weighted by atomic mass is 32.2. The SMILES string of the molecule is CCOc1cc(N)cc(C(=O)NCCCSC)c1. The molecule has 0 aliphatic rings. The van der Waals surface area contributed by atoms with Gasteiger partial charge in [-0.1, -0.05) is 0 Å². The number of amides is 1. The maximum Gasteiger partial charge on any atom is 0.251 e. The van der Waals surface area contributed by atoms with Gasteiger partial charge >= 0.3 is 0 Å². The van der Waals surface area contributed by atoms with Crippen molar-refractivity contribution >= 4 is 23.4 Å². The molecule has 18 heavy (non-hydrogen) atoms. The van der Waals surface area contributed by atoms with Crippen LogP contribution in [0.2, 0.25) is 0 Å². The summed E-state index contributed by atoms with van der Waals surface area (Å²) in [5, 5.41) is 2.87. The molecule has 0 saturated heterocycles. The number of carbonyl (C=O) groups is 1. The van der Waals surface area contributed by atoms with E-state index in [0.717, 1.165) is 12.2 Å². The van der Waals surface area contributed by atoms with Gasteiger partial charge in [-0.15, -0.1) is 0 Å². The minimum Gasteiger partial charge on any atom is -0.494 e. The van der Waals surface area contributed by atoms with Gasteiger partial charge in [0.1, 0.15) is 5.75 Å². The fourth-order valence-electron chi connectivity index (χ4n) is 1.52. The molecule has 0 aromatic heterocycles. The summed E-state index contributed by atoms with van der Waals surface area (Å²) in [6.45, 7) is 3.13. The molecule has 0 saturated carbocycles. The molecule has 1 aromatic rings. The molecule has 5 heteroatoms. The maximum absolute atomic E-state index is 11.9. The number of hydrogen-bond donors (Lipinski definition) is 2. The summed E-state index contributed by atoms with van der Waals surface area (Å²) >= 11 is 1.77. The third kappa shape index (κ3) is 4.87. The van der Waals surface area contributed by atoms with Crippen LogP contribution in [-0.2, 0) is 0 Å². The Bertz CT molecular complexity index is 397. The van der Waals surface area contributed by atoms with Gasteiger partial charge in [-0.25, -0.2) is 0 Å². The van der Waals surface area contributed by atoms with E-state index < -0.39 is 0 Å². The van der Waals surface area contributed by atoms with Crippen molar-refractivity contribution in [2.75, 3.05) is 30.9 Å². The molecule has 1 rings (SSSR count). The zero-order valence-corrected chi connectivity index (χ0v) is 11.7. The van der Waals surface area contributed by atoms with Crippen molar-refractivity contribution in [3.05, 3.63) is 23.8 Å². The zero-order valence-electron chi connectivity index (χ0n) is 10.9. The highest BCUT2D eigenvalue weighted by Crippen LogP contribution is 2.18. The molecule has 0 unspecified atom stereocenters. The van der Waals surface area contributed by atoms with E-state index in [1.807, 2.05) is 13.2 Å². The fourth-order valence-corrected chi connectivity index (χ4v) is 1.96. The highest BCUT2D eigenvalue weighted by molar-refractivity contribution is 7.98. The summed E-state index contributed by atoms with van der Waals surface area (Å²) in [5.41, 5.74) is 6.82. The van der Waals surface area contributed by atoms with Crippen molar-refractivity contribution in [3.63, 3.8) is 0 Å². The van der Waals surface area contributed by atoms with Crippen LogP contribution in [0.1, 0.15) is 23.7 Å². The Morgan fingerprint density at radius 2 is 2.22 bits per heavy atom. The molecule has 4 nitrogen and oxygen atoms in total. The third-order valence-corrected chi connectivity index (χ3v) is 3.01. The second-order valence-corrected chi connectivity index (χ2v) is 4.81. The van der Waals surface area contributed by atoms with Gasteiger partial charge in [0.25, 0.3) is 5.91 Å². The van der Waals surface area contributed by atoms with Crippen molar-refractivity contribution < 1.29 is 9.53 Å². The lowest BCUT2D eigenvalue weighted by Gasteiger charge is -2.08. The van der Waals surface area contributed by atoms with Crippen molar-refractivity contribution in [1.29, 1.82) is 0 Å². The summed E-state index contributed by atoms with van der Waals surface area (Å²) in [4.78, 5) is 11.9. The van der Waals surface area contributed by atoms with Crippen LogP contribution in [0.4, 0.5) is 5.69 Å². The molecule has 0 aliphatic heterocycles. The van der Waals surface area contributed by atoms with Crippen LogP contribution < -0.4 is 15.8 Å². The molecule has 0 bridgehead atoms. The van der Waals surface area contributed by atoms with Crippen LogP contribution in [0.25, 0.3) is 0 Å². The predicted octanol–water partition coefficient (Wildman–Crippen LogP) is 2.15. The summed E-state index contributed by atoms with van der Waals surface area (Å²) in [7, 11) is 0. The molecule has 0 atom stereocenters. The second kappa shape index (κ2) is 7.87. The Hall–Kier alpha value is -1.36. The topological polar surface area (TPSA) is 64.3 Å². The molecular weight excluding hydrogens is 248 g/mol. The average Bonchev–Trinajstić information content (AvgIpc) is 2.34. The van der Waals surface area contributed by atoms with E-state index in [4.69, 9.17) is 10.5 Å². The number of thioether (sulfide) groups is 1. The highest BCUT2D eigenvalue weighted by Gasteiger charge is 2.07. The third-order valence-electron chi connectivity index (χ3n) is 2.31. The van der Waals surface area contributed by atoms with Gasteiger partial charge in [-0.2, -0.15) is 11.8 Å². The first-order chi connectivity index (χ1) is 8.67. The van der Waals surface area contributed by atoms with E-state index in [9.17, 15) is 4.79 Å². The van der Waals surface area contributed by atoms with Gasteiger partial charge in [0.15, 0.2) is 0 Å². The fraction of sp³-hybridized carbons (Fsp3) is 0.462. The smallest absolute Gasteiger partial charge is 0.251 e. The molecule has 0 heterocycles. The van der Waals surface area contributed by atoms with Gasteiger partial charge in [0.05, 0.1) is 6.61 Å². The first-order valence-corrected chi connectivity index (χ1v) is 7.37.